The third-order valence-corrected chi connectivity index (χ3v) is 6.15. The summed E-state index contributed by atoms with van der Waals surface area (Å²) in [6.07, 6.45) is -3.53. The molecule has 1 atom stereocenters. The van der Waals surface area contributed by atoms with Crippen molar-refractivity contribution in [3.63, 3.8) is 0 Å². The minimum atomic E-state index is -4.45. The van der Waals surface area contributed by atoms with Crippen LogP contribution in [0.5, 0.6) is 11.5 Å². The molecule has 0 saturated carbocycles. The van der Waals surface area contributed by atoms with Crippen LogP contribution in [0.3, 0.4) is 0 Å². The molecular weight excluding hydrogens is 463 g/mol. The summed E-state index contributed by atoms with van der Waals surface area (Å²) in [4.78, 5) is 26.2. The predicted molar refractivity (Wildman–Crippen MR) is 112 cm³/mol. The number of amides is 1. The number of halogens is 3. The number of hydrogen-bond acceptors (Lipinski definition) is 6. The summed E-state index contributed by atoms with van der Waals surface area (Å²) in [5.74, 6) is -0.921. The van der Waals surface area contributed by atoms with Crippen molar-refractivity contribution in [2.24, 2.45) is 0 Å². The Morgan fingerprint density at radius 3 is 2.27 bits per heavy atom. The molecule has 7 nitrogen and oxygen atoms in total. The molecule has 0 saturated heterocycles. The van der Waals surface area contributed by atoms with E-state index in [-0.39, 0.29) is 30.9 Å². The zero-order chi connectivity index (χ0) is 24.4. The summed E-state index contributed by atoms with van der Waals surface area (Å²) in [5.41, 5.74) is 0.655. The number of sulfone groups is 1. The van der Waals surface area contributed by atoms with E-state index in [1.807, 2.05) is 0 Å². The molecule has 0 unspecified atom stereocenters. The van der Waals surface area contributed by atoms with Gasteiger partial charge in [0, 0.05) is 25.6 Å². The summed E-state index contributed by atoms with van der Waals surface area (Å²) in [6.45, 7) is 0.0297. The van der Waals surface area contributed by atoms with Crippen LogP contribution in [0.1, 0.15) is 23.1 Å². The molecule has 0 radical (unpaired) electrons. The lowest BCUT2D eigenvalue weighted by atomic mass is 9.93. The van der Waals surface area contributed by atoms with Crippen LogP contribution in [0.4, 0.5) is 13.2 Å². The van der Waals surface area contributed by atoms with Crippen molar-refractivity contribution in [2.75, 3.05) is 19.1 Å². The van der Waals surface area contributed by atoms with Crippen LogP contribution >= 0.6 is 0 Å². The molecule has 1 amide bonds. The minimum Gasteiger partial charge on any atom is -0.467 e. The second kappa shape index (κ2) is 9.42. The van der Waals surface area contributed by atoms with Crippen molar-refractivity contribution < 1.29 is 40.7 Å². The lowest BCUT2D eigenvalue weighted by Crippen LogP contribution is -2.49. The van der Waals surface area contributed by atoms with Gasteiger partial charge in [-0.2, -0.15) is 13.2 Å². The Morgan fingerprint density at radius 1 is 1.06 bits per heavy atom. The van der Waals surface area contributed by atoms with Crippen molar-refractivity contribution >= 4 is 21.7 Å². The predicted octanol–water partition coefficient (Wildman–Crippen LogP) is 3.36. The van der Waals surface area contributed by atoms with Gasteiger partial charge in [0.05, 0.1) is 18.4 Å². The van der Waals surface area contributed by atoms with Crippen LogP contribution in [0, 0.1) is 0 Å². The topological polar surface area (TPSA) is 90.0 Å². The van der Waals surface area contributed by atoms with Gasteiger partial charge in [-0.3, -0.25) is 4.79 Å². The number of hydrogen-bond donors (Lipinski definition) is 0. The lowest BCUT2D eigenvalue weighted by molar-refractivity contribution is -0.153. The Labute approximate surface area is 189 Å². The number of fused-ring (bicyclic) bond motifs is 1. The summed E-state index contributed by atoms with van der Waals surface area (Å²) in [7, 11) is -2.16. The molecule has 0 fully saturated rings. The zero-order valence-electron chi connectivity index (χ0n) is 17.9. The maximum atomic E-state index is 12.7. The first-order valence-corrected chi connectivity index (χ1v) is 12.0. The van der Waals surface area contributed by atoms with Gasteiger partial charge in [0.15, 0.2) is 0 Å². The van der Waals surface area contributed by atoms with Crippen LogP contribution in [-0.2, 0) is 43.3 Å². The van der Waals surface area contributed by atoms with E-state index in [2.05, 4.69) is 0 Å². The Morgan fingerprint density at radius 2 is 1.70 bits per heavy atom. The quantitative estimate of drug-likeness (QED) is 0.583. The molecule has 1 heterocycles. The number of carbonyl (C=O) groups is 2. The molecule has 0 aliphatic carbocycles. The van der Waals surface area contributed by atoms with Gasteiger partial charge in [-0.05, 0) is 47.5 Å². The summed E-state index contributed by atoms with van der Waals surface area (Å²) in [6, 6.07) is 8.31. The molecule has 0 aromatic heterocycles. The molecule has 0 N–H and O–H groups in total. The van der Waals surface area contributed by atoms with Gasteiger partial charge in [0.25, 0.3) is 0 Å². The molecule has 33 heavy (non-hydrogen) atoms. The summed E-state index contributed by atoms with van der Waals surface area (Å²) >= 11 is 0. The molecule has 1 aliphatic rings. The van der Waals surface area contributed by atoms with E-state index < -0.39 is 39.5 Å². The number of esters is 1. The Balaban J connectivity index is 1.81. The maximum absolute atomic E-state index is 12.7. The fourth-order valence-electron chi connectivity index (χ4n) is 3.50. The van der Waals surface area contributed by atoms with E-state index in [1.54, 1.807) is 18.2 Å². The van der Waals surface area contributed by atoms with Crippen LogP contribution in [0.25, 0.3) is 0 Å². The molecular formula is C22H22F3NO6S. The van der Waals surface area contributed by atoms with Crippen LogP contribution < -0.4 is 4.74 Å². The fraction of sp³-hybridized carbons (Fsp3) is 0.364. The van der Waals surface area contributed by atoms with E-state index in [1.165, 1.54) is 24.1 Å². The molecule has 11 heteroatoms. The monoisotopic (exact) mass is 485 g/mol. The second-order valence-corrected chi connectivity index (χ2v) is 9.96. The molecule has 1 aliphatic heterocycles. The molecule has 2 aromatic rings. The number of alkyl halides is 3. The van der Waals surface area contributed by atoms with Crippen molar-refractivity contribution in [3.05, 3.63) is 59.2 Å². The van der Waals surface area contributed by atoms with Crippen molar-refractivity contribution in [1.82, 2.24) is 4.90 Å². The lowest BCUT2D eigenvalue weighted by Gasteiger charge is -2.35. The van der Waals surface area contributed by atoms with E-state index >= 15 is 0 Å². The number of rotatable bonds is 6. The van der Waals surface area contributed by atoms with Crippen LogP contribution in [0.2, 0.25) is 0 Å². The van der Waals surface area contributed by atoms with E-state index in [0.29, 0.717) is 11.3 Å². The van der Waals surface area contributed by atoms with Crippen LogP contribution in [-0.4, -0.2) is 50.4 Å². The van der Waals surface area contributed by atoms with E-state index in [9.17, 15) is 31.2 Å². The number of nitrogens with zero attached hydrogens (tertiary/aromatic N) is 1. The number of methoxy groups -OCH3 is 1. The number of benzene rings is 2. The zero-order valence-corrected chi connectivity index (χ0v) is 18.7. The van der Waals surface area contributed by atoms with Crippen molar-refractivity contribution in [1.29, 1.82) is 0 Å². The van der Waals surface area contributed by atoms with E-state index in [0.717, 1.165) is 24.0 Å². The average Bonchev–Trinajstić information content (AvgIpc) is 2.75. The van der Waals surface area contributed by atoms with Gasteiger partial charge in [-0.15, -0.1) is 0 Å². The minimum absolute atomic E-state index is 0.0297. The normalized spacial score (nSPS) is 16.2. The van der Waals surface area contributed by atoms with Gasteiger partial charge < -0.3 is 14.4 Å². The molecule has 178 valence electrons. The Hall–Kier alpha value is -3.08. The highest BCUT2D eigenvalue weighted by Gasteiger charge is 2.35. The highest BCUT2D eigenvalue weighted by atomic mass is 32.2. The smallest absolute Gasteiger partial charge is 0.416 e. The number of carbonyl (C=O) groups excluding carboxylic acids is 2. The van der Waals surface area contributed by atoms with Gasteiger partial charge in [-0.1, -0.05) is 6.07 Å². The third kappa shape index (κ3) is 6.25. The highest BCUT2D eigenvalue weighted by molar-refractivity contribution is 7.90. The van der Waals surface area contributed by atoms with Gasteiger partial charge in [0.1, 0.15) is 27.4 Å². The maximum Gasteiger partial charge on any atom is 0.416 e. The highest BCUT2D eigenvalue weighted by Crippen LogP contribution is 2.33. The molecule has 0 spiro atoms. The largest absolute Gasteiger partial charge is 0.467 e. The Bertz CT molecular complexity index is 1150. The second-order valence-electron chi connectivity index (χ2n) is 7.70. The average molecular weight is 485 g/mol. The Kier molecular flexibility index (Phi) is 7.01. The third-order valence-electron chi connectivity index (χ3n) is 5.21. The first-order chi connectivity index (χ1) is 15.4. The molecule has 0 bridgehead atoms. The van der Waals surface area contributed by atoms with Gasteiger partial charge in [0.2, 0.25) is 5.91 Å². The standard InChI is InChI=1S/C22H22F3NO6S/c1-31-21(28)19-12-14-3-6-18(32-17-7-4-16(5-8-17)22(23,24)25)11-15(14)13-26(19)20(27)9-10-33(2,29)30/h3-8,11,19H,9-10,12-13H2,1-2H3/t19-/m0/s1. The summed E-state index contributed by atoms with van der Waals surface area (Å²) in [5, 5.41) is 0. The first-order valence-electron chi connectivity index (χ1n) is 9.89. The number of ether oxygens (including phenoxy) is 2. The van der Waals surface area contributed by atoms with Gasteiger partial charge in [-0.25, -0.2) is 13.2 Å². The van der Waals surface area contributed by atoms with E-state index in [4.69, 9.17) is 9.47 Å². The van der Waals surface area contributed by atoms with Crippen molar-refractivity contribution in [2.45, 2.75) is 31.6 Å². The van der Waals surface area contributed by atoms with Crippen LogP contribution in [0.15, 0.2) is 42.5 Å². The molecule has 3 rings (SSSR count). The fourth-order valence-corrected chi connectivity index (χ4v) is 4.04. The summed E-state index contributed by atoms with van der Waals surface area (Å²) < 4.78 is 71.5. The first kappa shape index (κ1) is 24.6. The SMILES string of the molecule is COC(=O)[C@@H]1Cc2ccc(Oc3ccc(C(F)(F)F)cc3)cc2CN1C(=O)CCS(C)(=O)=O. The van der Waals surface area contributed by atoms with Gasteiger partial charge >= 0.3 is 12.1 Å². The molecule has 2 aromatic carbocycles. The van der Waals surface area contributed by atoms with Crippen molar-refractivity contribution in [3.8, 4) is 11.5 Å².